The van der Waals surface area contributed by atoms with Gasteiger partial charge in [0.25, 0.3) is 0 Å². The number of hydrogen-bond donors (Lipinski definition) is 1. The zero-order valence-electron chi connectivity index (χ0n) is 10.9. The van der Waals surface area contributed by atoms with Gasteiger partial charge in [-0.15, -0.1) is 6.07 Å². The molecule has 93 valence electrons. The Labute approximate surface area is 138 Å². The smallest absolute Gasteiger partial charge is 0.0334 e. The van der Waals surface area contributed by atoms with E-state index in [4.69, 9.17) is 0 Å². The van der Waals surface area contributed by atoms with Crippen LogP contribution in [0.2, 0.25) is 0 Å². The van der Waals surface area contributed by atoms with Crippen LogP contribution in [0.3, 0.4) is 0 Å². The van der Waals surface area contributed by atoms with Gasteiger partial charge in [0.1, 0.15) is 0 Å². The molecule has 0 spiro atoms. The average molecular weight is 324 g/mol. The fourth-order valence-corrected chi connectivity index (χ4v) is 2.29. The Hall–Kier alpha value is -0.956. The van der Waals surface area contributed by atoms with Crippen molar-refractivity contribution in [3.8, 4) is 5.69 Å². The van der Waals surface area contributed by atoms with Crippen molar-refractivity contribution < 1.29 is 32.7 Å². The van der Waals surface area contributed by atoms with Gasteiger partial charge in [0.15, 0.2) is 0 Å². The first kappa shape index (κ1) is 14.5. The number of para-hydroxylation sites is 2. The molecule has 19 heavy (non-hydrogen) atoms. The Balaban J connectivity index is 0.00000133. The van der Waals surface area contributed by atoms with Crippen molar-refractivity contribution in [3.63, 3.8) is 0 Å². The van der Waals surface area contributed by atoms with Crippen LogP contribution in [0.1, 0.15) is 5.69 Å². The average Bonchev–Trinajstić information content (AvgIpc) is 2.78. The number of hydrogen-bond acceptors (Lipinski definition) is 1. The first-order chi connectivity index (χ1) is 8.90. The van der Waals surface area contributed by atoms with Crippen LogP contribution in [0.25, 0.3) is 16.6 Å². The minimum absolute atomic E-state index is 0. The van der Waals surface area contributed by atoms with E-state index in [1.807, 2.05) is 13.1 Å². The topological polar surface area (TPSA) is 17.0 Å². The predicted octanol–water partition coefficient (Wildman–Crippen LogP) is 3.15. The monoisotopic (exact) mass is 324 g/mol. The van der Waals surface area contributed by atoms with Crippen LogP contribution < -0.4 is 5.32 Å². The maximum atomic E-state index is 3.46. The van der Waals surface area contributed by atoms with Crippen LogP contribution in [-0.4, -0.2) is 11.6 Å². The first-order valence-electron chi connectivity index (χ1n) is 6.12. The van der Waals surface area contributed by atoms with Crippen molar-refractivity contribution in [2.24, 2.45) is 0 Å². The molecule has 0 saturated carbocycles. The zero-order valence-corrected chi connectivity index (χ0v) is 13.8. The molecule has 0 aliphatic heterocycles. The largest absolute Gasteiger partial charge is 0.378 e. The van der Waals surface area contributed by atoms with E-state index in [1.165, 1.54) is 11.2 Å². The van der Waals surface area contributed by atoms with Gasteiger partial charge in [0.05, 0.1) is 0 Å². The number of nitrogens with zero attached hydrogens (tertiary/aromatic N) is 1. The molecular formula is C16H15N2Y-. The number of aromatic nitrogens is 1. The van der Waals surface area contributed by atoms with Gasteiger partial charge in [-0.3, -0.25) is 0 Å². The minimum atomic E-state index is 0. The van der Waals surface area contributed by atoms with Gasteiger partial charge in [0.2, 0.25) is 0 Å². The second-order valence-corrected chi connectivity index (χ2v) is 4.29. The Kier molecular flexibility index (Phi) is 4.92. The second-order valence-electron chi connectivity index (χ2n) is 4.29. The third-order valence-corrected chi connectivity index (χ3v) is 3.05. The molecule has 0 unspecified atom stereocenters. The Bertz CT molecular complexity index is 659. The standard InChI is InChI=1S/C16H15N2.Y/c1-17-12-15-11-13-7-5-6-10-16(13)18(15)14-8-3-2-4-9-14;/h2-10,17H,12H2,1H3;/q-1;. The van der Waals surface area contributed by atoms with Crippen LogP contribution in [0, 0.1) is 6.07 Å². The summed E-state index contributed by atoms with van der Waals surface area (Å²) in [5.41, 5.74) is 3.54. The maximum absolute atomic E-state index is 3.46. The van der Waals surface area contributed by atoms with E-state index in [0.717, 1.165) is 17.6 Å². The molecule has 1 radical (unpaired) electrons. The van der Waals surface area contributed by atoms with Crippen molar-refractivity contribution in [3.05, 3.63) is 66.4 Å². The van der Waals surface area contributed by atoms with E-state index in [9.17, 15) is 0 Å². The molecule has 3 aromatic rings. The Morgan fingerprint density at radius 2 is 1.68 bits per heavy atom. The molecule has 3 heteroatoms. The van der Waals surface area contributed by atoms with Crippen molar-refractivity contribution in [2.45, 2.75) is 6.54 Å². The fourth-order valence-electron chi connectivity index (χ4n) is 2.29. The molecule has 0 aliphatic rings. The summed E-state index contributed by atoms with van der Waals surface area (Å²) in [6, 6.07) is 22.2. The predicted molar refractivity (Wildman–Crippen MR) is 74.9 cm³/mol. The fraction of sp³-hybridized carbons (Fsp3) is 0.125. The number of benzene rings is 2. The molecule has 1 aromatic heterocycles. The SMILES string of the molecule is CNCc1[c-]c2ccccc2n1-c1ccccc1.[Y]. The van der Waals surface area contributed by atoms with Gasteiger partial charge < -0.3 is 9.88 Å². The van der Waals surface area contributed by atoms with Gasteiger partial charge in [-0.25, -0.2) is 0 Å². The Morgan fingerprint density at radius 1 is 1.00 bits per heavy atom. The molecular weight excluding hydrogens is 309 g/mol. The van der Waals surface area contributed by atoms with Crippen LogP contribution in [0.5, 0.6) is 0 Å². The summed E-state index contributed by atoms with van der Waals surface area (Å²) >= 11 is 0. The summed E-state index contributed by atoms with van der Waals surface area (Å²) in [6.07, 6.45) is 0. The van der Waals surface area contributed by atoms with Gasteiger partial charge in [-0.05, 0) is 24.9 Å². The maximum Gasteiger partial charge on any atom is 0.0334 e. The number of fused-ring (bicyclic) bond motifs is 1. The van der Waals surface area contributed by atoms with Gasteiger partial charge in [-0.1, -0.05) is 35.8 Å². The Morgan fingerprint density at radius 3 is 2.42 bits per heavy atom. The van der Waals surface area contributed by atoms with Crippen molar-refractivity contribution in [1.82, 2.24) is 9.88 Å². The van der Waals surface area contributed by atoms with E-state index >= 15 is 0 Å². The molecule has 0 amide bonds. The quantitative estimate of drug-likeness (QED) is 0.733. The van der Waals surface area contributed by atoms with Crippen molar-refractivity contribution in [2.75, 3.05) is 7.05 Å². The molecule has 3 rings (SSSR count). The molecule has 0 atom stereocenters. The van der Waals surface area contributed by atoms with Crippen LogP contribution in [0.15, 0.2) is 54.6 Å². The number of rotatable bonds is 3. The first-order valence-corrected chi connectivity index (χ1v) is 6.12. The molecule has 0 fully saturated rings. The summed E-state index contributed by atoms with van der Waals surface area (Å²) in [5.74, 6) is 0. The molecule has 2 nitrogen and oxygen atoms in total. The summed E-state index contributed by atoms with van der Waals surface area (Å²) in [4.78, 5) is 0. The van der Waals surface area contributed by atoms with Crippen molar-refractivity contribution >= 4 is 10.9 Å². The van der Waals surface area contributed by atoms with E-state index in [-0.39, 0.29) is 32.7 Å². The summed E-state index contributed by atoms with van der Waals surface area (Å²) in [5, 5.41) is 4.36. The van der Waals surface area contributed by atoms with Crippen LogP contribution in [-0.2, 0) is 39.3 Å². The third kappa shape index (κ3) is 2.81. The molecule has 1 N–H and O–H groups in total. The summed E-state index contributed by atoms with van der Waals surface area (Å²) < 4.78 is 2.26. The van der Waals surface area contributed by atoms with E-state index in [1.54, 1.807) is 0 Å². The van der Waals surface area contributed by atoms with E-state index in [2.05, 4.69) is 64.5 Å². The van der Waals surface area contributed by atoms with Crippen molar-refractivity contribution in [1.29, 1.82) is 0 Å². The molecule has 2 aromatic carbocycles. The number of nitrogens with one attached hydrogen (secondary N) is 1. The minimum Gasteiger partial charge on any atom is -0.378 e. The summed E-state index contributed by atoms with van der Waals surface area (Å²) in [7, 11) is 1.96. The third-order valence-electron chi connectivity index (χ3n) is 3.05. The summed E-state index contributed by atoms with van der Waals surface area (Å²) in [6.45, 7) is 0.809. The van der Waals surface area contributed by atoms with Crippen LogP contribution in [0.4, 0.5) is 0 Å². The van der Waals surface area contributed by atoms with Gasteiger partial charge in [-0.2, -0.15) is 17.5 Å². The normalized spacial score (nSPS) is 10.4. The van der Waals surface area contributed by atoms with Gasteiger partial charge in [0, 0.05) is 44.9 Å². The van der Waals surface area contributed by atoms with E-state index < -0.39 is 0 Å². The molecule has 0 bridgehead atoms. The molecule has 0 saturated heterocycles. The molecule has 0 aliphatic carbocycles. The van der Waals surface area contributed by atoms with Gasteiger partial charge >= 0.3 is 0 Å². The van der Waals surface area contributed by atoms with Crippen LogP contribution >= 0.6 is 0 Å². The van der Waals surface area contributed by atoms with E-state index in [0.29, 0.717) is 0 Å². The second kappa shape index (κ2) is 6.47. The zero-order chi connectivity index (χ0) is 12.4. The molecule has 1 heterocycles.